The number of pyridine rings is 1. The van der Waals surface area contributed by atoms with Gasteiger partial charge in [0, 0.05) is 45.3 Å². The third-order valence-electron chi connectivity index (χ3n) is 5.13. The molecule has 2 atom stereocenters. The number of thioether (sulfide) groups is 2. The van der Waals surface area contributed by atoms with Crippen LogP contribution in [0.25, 0.3) is 11.3 Å². The Morgan fingerprint density at radius 1 is 1.35 bits per heavy atom. The highest BCUT2D eigenvalue weighted by molar-refractivity contribution is 8.07. The second-order valence-electron chi connectivity index (χ2n) is 7.90. The molecule has 3 aromatic heterocycles. The minimum absolute atomic E-state index is 0. The van der Waals surface area contributed by atoms with Gasteiger partial charge < -0.3 is 41.0 Å². The topological polar surface area (TPSA) is 212 Å². The molecule has 40 heavy (non-hydrogen) atoms. The number of aromatic nitrogens is 4. The van der Waals surface area contributed by atoms with Crippen LogP contribution in [0.3, 0.4) is 0 Å². The van der Waals surface area contributed by atoms with Gasteiger partial charge in [-0.1, -0.05) is 16.9 Å². The number of carboxylic acids is 2. The highest BCUT2D eigenvalue weighted by Crippen LogP contribution is 2.38. The molecule has 4 N–H and O–H groups in total. The van der Waals surface area contributed by atoms with E-state index < -0.39 is 35.0 Å². The normalized spacial score (nSPS) is 16.2. The van der Waals surface area contributed by atoms with Crippen LogP contribution < -0.4 is 31.1 Å². The Balaban J connectivity index is 0.00000462. The van der Waals surface area contributed by atoms with Crippen LogP contribution in [0.1, 0.15) is 14.2 Å². The quantitative estimate of drug-likeness (QED) is 0.127. The van der Waals surface area contributed by atoms with Gasteiger partial charge in [-0.3, -0.25) is 4.79 Å². The molecule has 0 fully saturated rings. The first-order valence-electron chi connectivity index (χ1n) is 11.4. The molecule has 1 amide bonds. The molecule has 1 aliphatic heterocycles. The van der Waals surface area contributed by atoms with E-state index in [-0.39, 0.29) is 30.4 Å². The van der Waals surface area contributed by atoms with Crippen LogP contribution in [-0.2, 0) is 26.3 Å². The minimum Gasteiger partial charge on any atom is -0.548 e. The molecule has 0 spiro atoms. The molecule has 210 valence electrons. The first-order chi connectivity index (χ1) is 19.2. The summed E-state index contributed by atoms with van der Waals surface area (Å²) in [7, 11) is 1.90. The van der Waals surface area contributed by atoms with Gasteiger partial charge in [0.1, 0.15) is 13.7 Å². The summed E-state index contributed by atoms with van der Waals surface area (Å²) < 4.78 is 6.40. The number of carbonyl (C=O) groups is 3. The van der Waals surface area contributed by atoms with Crippen LogP contribution in [0.4, 0.5) is 5.13 Å². The number of nitrogens with one attached hydrogen (secondary N) is 2. The van der Waals surface area contributed by atoms with Crippen molar-refractivity contribution in [2.45, 2.75) is 22.7 Å². The number of thiazole rings is 1. The number of nitrogen functional groups attached to an aromatic ring is 1. The maximum atomic E-state index is 13.0. The standard InChI is InChI=1S/C22H22N8O6S4/c1-3-36-28-14(16-27-21(23)40-29-16)17(31)25-15(20(34)35)18-26-13(19(32)33)12(9-37-18)39-22-24-11(8-38-22)10-4-6-30(2)7-5-10/h4-8,15,18,26H,3,9H2,1-2H3,(H4-,23,25,27,29,31,32,33,34,35)/b28-14+. The summed E-state index contributed by atoms with van der Waals surface area (Å²) in [5, 5.41) is 33.5. The number of hydrogen-bond acceptors (Lipinski definition) is 16. The summed E-state index contributed by atoms with van der Waals surface area (Å²) in [5.41, 5.74) is 6.51. The molecule has 3 aromatic rings. The monoisotopic (exact) mass is 622 g/mol. The summed E-state index contributed by atoms with van der Waals surface area (Å²) in [5.74, 6) is -4.23. The van der Waals surface area contributed by atoms with Gasteiger partial charge in [0.2, 0.25) is 11.5 Å². The summed E-state index contributed by atoms with van der Waals surface area (Å²) in [6.45, 7) is 1.75. The number of carbonyl (C=O) groups excluding carboxylic acids is 3. The molecular weight excluding hydrogens is 601 g/mol. The molecule has 1 aliphatic rings. The zero-order chi connectivity index (χ0) is 28.8. The van der Waals surface area contributed by atoms with Crippen LogP contribution in [0.15, 0.2) is 50.0 Å². The highest BCUT2D eigenvalue weighted by Gasteiger charge is 2.33. The Labute approximate surface area is 245 Å². The molecule has 0 radical (unpaired) electrons. The van der Waals surface area contributed by atoms with Crippen LogP contribution in [-0.4, -0.2) is 61.7 Å². The van der Waals surface area contributed by atoms with Gasteiger partial charge in [0.25, 0.3) is 5.91 Å². The summed E-state index contributed by atoms with van der Waals surface area (Å²) in [6, 6.07) is 2.15. The van der Waals surface area contributed by atoms with Gasteiger partial charge >= 0.3 is 1.43 Å². The van der Waals surface area contributed by atoms with Gasteiger partial charge in [0.15, 0.2) is 21.9 Å². The van der Waals surface area contributed by atoms with Crippen molar-refractivity contribution in [2.75, 3.05) is 18.1 Å². The van der Waals surface area contributed by atoms with Crippen LogP contribution in [0.2, 0.25) is 0 Å². The number of oxime groups is 1. The lowest BCUT2D eigenvalue weighted by Crippen LogP contribution is -2.60. The van der Waals surface area contributed by atoms with Crippen molar-refractivity contribution >= 4 is 75.1 Å². The Kier molecular flexibility index (Phi) is 9.56. The summed E-state index contributed by atoms with van der Waals surface area (Å²) in [6.07, 6.45) is 3.78. The first-order valence-corrected chi connectivity index (χ1v) is 14.9. The third-order valence-corrected chi connectivity index (χ3v) is 9.09. The smallest absolute Gasteiger partial charge is 0.548 e. The van der Waals surface area contributed by atoms with E-state index in [4.69, 9.17) is 10.6 Å². The first kappa shape index (κ1) is 29.2. The van der Waals surface area contributed by atoms with Crippen molar-refractivity contribution in [1.29, 1.82) is 0 Å². The Morgan fingerprint density at radius 3 is 2.73 bits per heavy atom. The van der Waals surface area contributed by atoms with E-state index in [1.54, 1.807) is 6.92 Å². The van der Waals surface area contributed by atoms with E-state index in [1.807, 2.05) is 41.5 Å². The van der Waals surface area contributed by atoms with Crippen LogP contribution in [0, 0.1) is 0 Å². The Bertz CT molecular complexity index is 1480. The maximum absolute atomic E-state index is 13.0. The molecule has 0 saturated carbocycles. The predicted octanol–water partition coefficient (Wildman–Crippen LogP) is -1.43. The zero-order valence-corrected chi connectivity index (χ0v) is 24.1. The second-order valence-corrected chi connectivity index (χ2v) is 12.0. The molecule has 18 heteroatoms. The summed E-state index contributed by atoms with van der Waals surface area (Å²) >= 11 is 4.35. The number of carboxylic acid groups (broad SMARTS) is 2. The third kappa shape index (κ3) is 7.06. The lowest BCUT2D eigenvalue weighted by Gasteiger charge is -2.35. The number of aryl methyl sites for hydroxylation is 1. The van der Waals surface area contributed by atoms with E-state index in [0.717, 1.165) is 46.3 Å². The fraction of sp³-hybridized carbons (Fsp3) is 0.273. The molecule has 2 unspecified atom stereocenters. The predicted molar refractivity (Wildman–Crippen MR) is 147 cm³/mol. The van der Waals surface area contributed by atoms with Crippen molar-refractivity contribution < 1.29 is 35.4 Å². The highest BCUT2D eigenvalue weighted by atomic mass is 32.2. The van der Waals surface area contributed by atoms with Gasteiger partial charge in [-0.25, -0.2) is 9.55 Å². The van der Waals surface area contributed by atoms with Gasteiger partial charge in [-0.15, -0.1) is 23.1 Å². The van der Waals surface area contributed by atoms with E-state index in [9.17, 15) is 24.6 Å². The maximum Gasteiger partial charge on any atom is 1.00 e. The van der Waals surface area contributed by atoms with Crippen molar-refractivity contribution in [3.63, 3.8) is 0 Å². The van der Waals surface area contributed by atoms with Crippen molar-refractivity contribution in [1.82, 2.24) is 25.0 Å². The Hall–Kier alpha value is -3.74. The van der Waals surface area contributed by atoms with Crippen molar-refractivity contribution in [3.8, 4) is 11.3 Å². The fourth-order valence-electron chi connectivity index (χ4n) is 3.26. The SMILES string of the molecule is CCO/N=C(/C(=O)NC(C(=O)[O-])C1NC(C(=O)[O-])=C(Sc2nc(-c3cc[n+](C)cc3)cs2)CS1)c1nsc(N)n1.[H+]. The number of amides is 1. The largest absolute Gasteiger partial charge is 1.00 e. The molecule has 0 aromatic carbocycles. The number of nitrogens with two attached hydrogens (primary N) is 1. The van der Waals surface area contributed by atoms with E-state index >= 15 is 0 Å². The number of rotatable bonds is 11. The van der Waals surface area contributed by atoms with Crippen molar-refractivity contribution in [3.05, 3.63) is 46.3 Å². The van der Waals surface area contributed by atoms with Crippen LogP contribution in [0.5, 0.6) is 0 Å². The van der Waals surface area contributed by atoms with Gasteiger partial charge in [0.05, 0.1) is 34.7 Å². The molecule has 4 heterocycles. The van der Waals surface area contributed by atoms with Gasteiger partial charge in [-0.05, 0) is 6.92 Å². The number of nitrogens with zero attached hydrogens (tertiary/aromatic N) is 5. The van der Waals surface area contributed by atoms with E-state index in [0.29, 0.717) is 9.24 Å². The van der Waals surface area contributed by atoms with Gasteiger partial charge in [-0.2, -0.15) is 9.36 Å². The molecule has 0 saturated heterocycles. The fourth-order valence-corrected chi connectivity index (χ4v) is 6.97. The average Bonchev–Trinajstić information content (AvgIpc) is 3.57. The Morgan fingerprint density at radius 2 is 2.10 bits per heavy atom. The number of anilines is 1. The lowest BCUT2D eigenvalue weighted by atomic mass is 10.2. The number of aliphatic carboxylic acids is 2. The molecule has 0 aliphatic carbocycles. The second kappa shape index (κ2) is 13.1. The van der Waals surface area contributed by atoms with E-state index in [1.165, 1.54) is 11.3 Å². The lowest BCUT2D eigenvalue weighted by molar-refractivity contribution is -0.671. The average molecular weight is 623 g/mol. The molecule has 0 bridgehead atoms. The van der Waals surface area contributed by atoms with Crippen LogP contribution >= 0.6 is 46.4 Å². The number of hydrogen-bond donors (Lipinski definition) is 3. The summed E-state index contributed by atoms with van der Waals surface area (Å²) in [4.78, 5) is 50.8. The molecular formula is C22H22N8O6S4. The molecule has 4 rings (SSSR count). The minimum atomic E-state index is -1.67. The molecule has 14 nitrogen and oxygen atoms in total. The van der Waals surface area contributed by atoms with Crippen molar-refractivity contribution in [2.24, 2.45) is 12.2 Å². The zero-order valence-electron chi connectivity index (χ0n) is 21.9. The van der Waals surface area contributed by atoms with E-state index in [2.05, 4.69) is 30.1 Å².